The number of hydrogen-bond donors (Lipinski definition) is 1. The van der Waals surface area contributed by atoms with Gasteiger partial charge in [-0.3, -0.25) is 4.79 Å². The van der Waals surface area contributed by atoms with E-state index in [1.54, 1.807) is 0 Å². The van der Waals surface area contributed by atoms with Gasteiger partial charge in [0.25, 0.3) is 0 Å². The number of aryl methyl sites for hydroxylation is 2. The van der Waals surface area contributed by atoms with Gasteiger partial charge in [-0.05, 0) is 36.6 Å². The van der Waals surface area contributed by atoms with E-state index in [4.69, 9.17) is 0 Å². The summed E-state index contributed by atoms with van der Waals surface area (Å²) in [5.74, 6) is -0.0198. The fourth-order valence-electron chi connectivity index (χ4n) is 1.36. The molecule has 1 rings (SSSR count). The van der Waals surface area contributed by atoms with Crippen LogP contribution in [0.15, 0.2) is 18.2 Å². The lowest BCUT2D eigenvalue weighted by Crippen LogP contribution is -2.12. The van der Waals surface area contributed by atoms with Gasteiger partial charge in [0, 0.05) is 5.69 Å². The molecular weight excluding hydrogens is 242 g/mol. The number of amides is 1. The summed E-state index contributed by atoms with van der Waals surface area (Å²) in [6, 6.07) is 5.99. The van der Waals surface area contributed by atoms with E-state index in [1.165, 1.54) is 11.1 Å². The molecule has 0 radical (unpaired) electrons. The van der Waals surface area contributed by atoms with Crippen molar-refractivity contribution in [1.82, 2.24) is 0 Å². The first-order valence-electron chi connectivity index (χ1n) is 4.62. The lowest BCUT2D eigenvalue weighted by atomic mass is 10.1. The summed E-state index contributed by atoms with van der Waals surface area (Å²) in [6.45, 7) is 4.18. The standard InChI is InChI=1S/C11H14BrNO/c1-3-9-4-5-10(6-8(9)2)13-11(14)7-12/h4-6H,3,7H2,1-2H3,(H,13,14). The molecule has 0 unspecified atom stereocenters. The molecule has 0 saturated carbocycles. The Morgan fingerprint density at radius 2 is 2.21 bits per heavy atom. The quantitative estimate of drug-likeness (QED) is 0.828. The number of hydrogen-bond acceptors (Lipinski definition) is 1. The SMILES string of the molecule is CCc1ccc(NC(=O)CBr)cc1C. The molecule has 0 saturated heterocycles. The van der Waals surface area contributed by atoms with Gasteiger partial charge in [-0.25, -0.2) is 0 Å². The molecule has 1 N–H and O–H groups in total. The van der Waals surface area contributed by atoms with Gasteiger partial charge in [-0.2, -0.15) is 0 Å². The largest absolute Gasteiger partial charge is 0.325 e. The zero-order chi connectivity index (χ0) is 10.6. The van der Waals surface area contributed by atoms with Crippen molar-refractivity contribution in [2.24, 2.45) is 0 Å². The molecule has 0 atom stereocenters. The number of carbonyl (C=O) groups is 1. The summed E-state index contributed by atoms with van der Waals surface area (Å²) < 4.78 is 0. The third-order valence-corrected chi connectivity index (χ3v) is 2.64. The summed E-state index contributed by atoms with van der Waals surface area (Å²) in [5, 5.41) is 3.13. The highest BCUT2D eigenvalue weighted by Gasteiger charge is 2.01. The van der Waals surface area contributed by atoms with Gasteiger partial charge in [0.05, 0.1) is 5.33 Å². The van der Waals surface area contributed by atoms with Crippen molar-refractivity contribution < 1.29 is 4.79 Å². The summed E-state index contributed by atoms with van der Waals surface area (Å²) in [7, 11) is 0. The Morgan fingerprint density at radius 3 is 2.71 bits per heavy atom. The second-order valence-electron chi connectivity index (χ2n) is 3.18. The van der Waals surface area contributed by atoms with E-state index in [0.717, 1.165) is 12.1 Å². The van der Waals surface area contributed by atoms with E-state index in [0.29, 0.717) is 5.33 Å². The summed E-state index contributed by atoms with van der Waals surface area (Å²) in [6.07, 6.45) is 1.03. The second kappa shape index (κ2) is 5.15. The van der Waals surface area contributed by atoms with Gasteiger partial charge in [-0.15, -0.1) is 0 Å². The van der Waals surface area contributed by atoms with Crippen LogP contribution >= 0.6 is 15.9 Å². The summed E-state index contributed by atoms with van der Waals surface area (Å²) in [4.78, 5) is 11.1. The lowest BCUT2D eigenvalue weighted by molar-refractivity contribution is -0.113. The zero-order valence-corrected chi connectivity index (χ0v) is 10.0. The molecule has 0 aromatic heterocycles. The zero-order valence-electron chi connectivity index (χ0n) is 8.43. The molecule has 1 amide bonds. The molecule has 1 aromatic carbocycles. The molecule has 76 valence electrons. The van der Waals surface area contributed by atoms with Crippen LogP contribution in [0.3, 0.4) is 0 Å². The molecule has 0 aliphatic rings. The summed E-state index contributed by atoms with van der Waals surface area (Å²) >= 11 is 3.11. The van der Waals surface area contributed by atoms with E-state index in [-0.39, 0.29) is 5.91 Å². The predicted octanol–water partition coefficient (Wildman–Crippen LogP) is 2.89. The minimum Gasteiger partial charge on any atom is -0.325 e. The Kier molecular flexibility index (Phi) is 4.14. The van der Waals surface area contributed by atoms with Crippen LogP contribution in [-0.4, -0.2) is 11.2 Å². The van der Waals surface area contributed by atoms with Crippen LogP contribution in [0.4, 0.5) is 5.69 Å². The fraction of sp³-hybridized carbons (Fsp3) is 0.364. The van der Waals surface area contributed by atoms with Crippen molar-refractivity contribution in [3.8, 4) is 0 Å². The molecule has 0 bridgehead atoms. The Balaban J connectivity index is 2.81. The first-order valence-corrected chi connectivity index (χ1v) is 5.75. The molecule has 14 heavy (non-hydrogen) atoms. The van der Waals surface area contributed by atoms with Gasteiger partial charge in [0.15, 0.2) is 0 Å². The Morgan fingerprint density at radius 1 is 1.50 bits per heavy atom. The van der Waals surface area contributed by atoms with E-state index in [1.807, 2.05) is 12.1 Å². The third-order valence-electron chi connectivity index (χ3n) is 2.13. The van der Waals surface area contributed by atoms with Gasteiger partial charge < -0.3 is 5.32 Å². The number of anilines is 1. The van der Waals surface area contributed by atoms with Gasteiger partial charge in [0.2, 0.25) is 5.91 Å². The van der Waals surface area contributed by atoms with E-state index >= 15 is 0 Å². The van der Waals surface area contributed by atoms with Crippen molar-refractivity contribution in [3.05, 3.63) is 29.3 Å². The number of rotatable bonds is 3. The molecule has 0 aliphatic carbocycles. The summed E-state index contributed by atoms with van der Waals surface area (Å²) in [5.41, 5.74) is 3.41. The molecule has 0 heterocycles. The van der Waals surface area contributed by atoms with Crippen molar-refractivity contribution in [2.75, 3.05) is 10.6 Å². The Bertz CT molecular complexity index is 336. The Hall–Kier alpha value is -0.830. The second-order valence-corrected chi connectivity index (χ2v) is 3.74. The highest BCUT2D eigenvalue weighted by molar-refractivity contribution is 9.09. The fourth-order valence-corrected chi connectivity index (χ4v) is 1.50. The van der Waals surface area contributed by atoms with Crippen LogP contribution in [-0.2, 0) is 11.2 Å². The molecule has 3 heteroatoms. The van der Waals surface area contributed by atoms with E-state index < -0.39 is 0 Å². The maximum Gasteiger partial charge on any atom is 0.235 e. The number of benzene rings is 1. The number of carbonyl (C=O) groups excluding carboxylic acids is 1. The number of alkyl halides is 1. The molecule has 0 aliphatic heterocycles. The number of halogens is 1. The molecule has 0 fully saturated rings. The smallest absolute Gasteiger partial charge is 0.235 e. The van der Waals surface area contributed by atoms with Crippen LogP contribution < -0.4 is 5.32 Å². The molecule has 2 nitrogen and oxygen atoms in total. The highest BCUT2D eigenvalue weighted by atomic mass is 79.9. The minimum absolute atomic E-state index is 0.0198. The van der Waals surface area contributed by atoms with Crippen LogP contribution in [0.2, 0.25) is 0 Å². The van der Waals surface area contributed by atoms with Crippen LogP contribution in [0, 0.1) is 6.92 Å². The van der Waals surface area contributed by atoms with Gasteiger partial charge >= 0.3 is 0 Å². The maximum absolute atomic E-state index is 11.1. The van der Waals surface area contributed by atoms with Crippen molar-refractivity contribution in [3.63, 3.8) is 0 Å². The molecule has 0 spiro atoms. The van der Waals surface area contributed by atoms with Crippen LogP contribution in [0.25, 0.3) is 0 Å². The third kappa shape index (κ3) is 2.84. The lowest BCUT2D eigenvalue weighted by Gasteiger charge is -2.07. The topological polar surface area (TPSA) is 29.1 Å². The average molecular weight is 256 g/mol. The first-order chi connectivity index (χ1) is 6.67. The normalized spacial score (nSPS) is 9.93. The highest BCUT2D eigenvalue weighted by Crippen LogP contribution is 2.15. The first kappa shape index (κ1) is 11.2. The maximum atomic E-state index is 11.1. The van der Waals surface area contributed by atoms with Gasteiger partial charge in [0.1, 0.15) is 0 Å². The average Bonchev–Trinajstić information content (AvgIpc) is 2.18. The van der Waals surface area contributed by atoms with Crippen molar-refractivity contribution in [2.45, 2.75) is 20.3 Å². The molecule has 1 aromatic rings. The van der Waals surface area contributed by atoms with E-state index in [9.17, 15) is 4.79 Å². The Labute approximate surface area is 92.8 Å². The van der Waals surface area contributed by atoms with Crippen molar-refractivity contribution >= 4 is 27.5 Å². The van der Waals surface area contributed by atoms with Crippen molar-refractivity contribution in [1.29, 1.82) is 0 Å². The number of nitrogens with one attached hydrogen (secondary N) is 1. The molecular formula is C11H14BrNO. The van der Waals surface area contributed by atoms with Crippen LogP contribution in [0.1, 0.15) is 18.1 Å². The minimum atomic E-state index is -0.0198. The van der Waals surface area contributed by atoms with Crippen LogP contribution in [0.5, 0.6) is 0 Å². The van der Waals surface area contributed by atoms with Gasteiger partial charge in [-0.1, -0.05) is 28.9 Å². The van der Waals surface area contributed by atoms with E-state index in [2.05, 4.69) is 41.2 Å². The predicted molar refractivity (Wildman–Crippen MR) is 63.0 cm³/mol. The monoisotopic (exact) mass is 255 g/mol.